The maximum atomic E-state index is 10.9. The number of pyridine rings is 1. The normalized spacial score (nSPS) is 10.1. The van der Waals surface area contributed by atoms with E-state index < -0.39 is 5.97 Å². The Morgan fingerprint density at radius 1 is 1.62 bits per heavy atom. The van der Waals surface area contributed by atoms with Crippen LogP contribution in [0.4, 0.5) is 5.69 Å². The molecule has 16 heavy (non-hydrogen) atoms. The molecule has 88 valence electrons. The van der Waals surface area contributed by atoms with Gasteiger partial charge in [0.1, 0.15) is 5.56 Å². The van der Waals surface area contributed by atoms with E-state index in [1.165, 1.54) is 6.20 Å². The molecule has 1 aromatic rings. The molecule has 0 radical (unpaired) electrons. The van der Waals surface area contributed by atoms with Gasteiger partial charge >= 0.3 is 5.97 Å². The summed E-state index contributed by atoms with van der Waals surface area (Å²) in [5.41, 5.74) is 1.55. The first-order chi connectivity index (χ1) is 7.65. The third-order valence-electron chi connectivity index (χ3n) is 2.04. The van der Waals surface area contributed by atoms with E-state index in [1.807, 2.05) is 13.8 Å². The molecule has 0 saturated carbocycles. The van der Waals surface area contributed by atoms with E-state index in [0.717, 1.165) is 5.69 Å². The monoisotopic (exact) mass is 224 g/mol. The maximum Gasteiger partial charge on any atom is 0.339 e. The lowest BCUT2D eigenvalue weighted by Gasteiger charge is -2.09. The molecule has 0 aliphatic carbocycles. The third-order valence-corrected chi connectivity index (χ3v) is 2.04. The van der Waals surface area contributed by atoms with E-state index >= 15 is 0 Å². The Kier molecular flexibility index (Phi) is 4.72. The van der Waals surface area contributed by atoms with Crippen molar-refractivity contribution in [2.45, 2.75) is 13.8 Å². The number of ether oxygens (including phenoxy) is 1. The van der Waals surface area contributed by atoms with Crippen LogP contribution in [0, 0.1) is 6.92 Å². The molecule has 0 spiro atoms. The molecule has 0 amide bonds. The highest BCUT2D eigenvalue weighted by molar-refractivity contribution is 5.93. The Morgan fingerprint density at radius 2 is 2.38 bits per heavy atom. The number of carboxylic acid groups (broad SMARTS) is 1. The molecule has 0 aliphatic heterocycles. The van der Waals surface area contributed by atoms with E-state index in [1.54, 1.807) is 6.07 Å². The molecule has 0 aliphatic rings. The summed E-state index contributed by atoms with van der Waals surface area (Å²) in [7, 11) is 0. The van der Waals surface area contributed by atoms with Crippen molar-refractivity contribution in [1.29, 1.82) is 0 Å². The Hall–Kier alpha value is -1.62. The summed E-state index contributed by atoms with van der Waals surface area (Å²) in [4.78, 5) is 14.9. The number of aryl methyl sites for hydroxylation is 1. The summed E-state index contributed by atoms with van der Waals surface area (Å²) < 4.78 is 5.16. The zero-order valence-corrected chi connectivity index (χ0v) is 9.49. The molecule has 0 atom stereocenters. The molecule has 1 heterocycles. The van der Waals surface area contributed by atoms with E-state index in [4.69, 9.17) is 9.84 Å². The van der Waals surface area contributed by atoms with Crippen LogP contribution in [0.5, 0.6) is 0 Å². The summed E-state index contributed by atoms with van der Waals surface area (Å²) in [6.07, 6.45) is 1.36. The number of hydrogen-bond donors (Lipinski definition) is 2. The number of carbonyl (C=O) groups is 1. The number of aromatic carboxylic acids is 1. The van der Waals surface area contributed by atoms with Crippen LogP contribution in [0.3, 0.4) is 0 Å². The summed E-state index contributed by atoms with van der Waals surface area (Å²) in [5, 5.41) is 12.0. The lowest BCUT2D eigenvalue weighted by molar-refractivity contribution is 0.0697. The Labute approximate surface area is 94.5 Å². The highest BCUT2D eigenvalue weighted by Crippen LogP contribution is 2.15. The number of aromatic nitrogens is 1. The van der Waals surface area contributed by atoms with Crippen LogP contribution in [0.15, 0.2) is 12.3 Å². The van der Waals surface area contributed by atoms with Crippen LogP contribution in [-0.4, -0.2) is 35.8 Å². The molecule has 1 rings (SSSR count). The quantitative estimate of drug-likeness (QED) is 0.717. The molecular weight excluding hydrogens is 208 g/mol. The summed E-state index contributed by atoms with van der Waals surface area (Å²) in [6, 6.07) is 1.72. The van der Waals surface area contributed by atoms with Crippen molar-refractivity contribution < 1.29 is 14.6 Å². The largest absolute Gasteiger partial charge is 0.478 e. The number of nitrogens with one attached hydrogen (secondary N) is 1. The first-order valence-corrected chi connectivity index (χ1v) is 5.16. The van der Waals surface area contributed by atoms with Gasteiger partial charge in [-0.15, -0.1) is 0 Å². The summed E-state index contributed by atoms with van der Waals surface area (Å²) in [5.74, 6) is -0.980. The molecular formula is C11H16N2O3. The molecule has 0 bridgehead atoms. The fourth-order valence-corrected chi connectivity index (χ4v) is 1.28. The van der Waals surface area contributed by atoms with Gasteiger partial charge < -0.3 is 15.2 Å². The SMILES string of the molecule is CCOCCNc1cc(C)ncc1C(=O)O. The Balaban J connectivity index is 2.68. The van der Waals surface area contributed by atoms with Gasteiger partial charge in [-0.3, -0.25) is 4.98 Å². The second-order valence-electron chi connectivity index (χ2n) is 3.30. The molecule has 0 aromatic carbocycles. The molecule has 1 aromatic heterocycles. The van der Waals surface area contributed by atoms with Crippen LogP contribution < -0.4 is 5.32 Å². The Morgan fingerprint density at radius 3 is 3.00 bits per heavy atom. The van der Waals surface area contributed by atoms with Crippen LogP contribution in [0.25, 0.3) is 0 Å². The first-order valence-electron chi connectivity index (χ1n) is 5.16. The summed E-state index contributed by atoms with van der Waals surface area (Å²) >= 11 is 0. The van der Waals surface area contributed by atoms with Crippen molar-refractivity contribution in [3.05, 3.63) is 23.5 Å². The van der Waals surface area contributed by atoms with Crippen molar-refractivity contribution in [1.82, 2.24) is 4.98 Å². The molecule has 0 unspecified atom stereocenters. The van der Waals surface area contributed by atoms with Gasteiger partial charge in [-0.25, -0.2) is 4.79 Å². The van der Waals surface area contributed by atoms with E-state index in [-0.39, 0.29) is 5.56 Å². The molecule has 0 fully saturated rings. The minimum absolute atomic E-state index is 0.182. The Bertz CT molecular complexity index is 366. The van der Waals surface area contributed by atoms with Crippen LogP contribution >= 0.6 is 0 Å². The van der Waals surface area contributed by atoms with Crippen LogP contribution in [-0.2, 0) is 4.74 Å². The highest BCUT2D eigenvalue weighted by atomic mass is 16.5. The topological polar surface area (TPSA) is 71.5 Å². The number of anilines is 1. The third kappa shape index (κ3) is 3.51. The molecule has 5 nitrogen and oxygen atoms in total. The predicted molar refractivity (Wildman–Crippen MR) is 60.9 cm³/mol. The minimum Gasteiger partial charge on any atom is -0.478 e. The number of nitrogens with zero attached hydrogens (tertiary/aromatic N) is 1. The van der Waals surface area contributed by atoms with Gasteiger partial charge in [-0.05, 0) is 19.9 Å². The van der Waals surface area contributed by atoms with Crippen molar-refractivity contribution >= 4 is 11.7 Å². The fraction of sp³-hybridized carbons (Fsp3) is 0.455. The molecule has 2 N–H and O–H groups in total. The number of rotatable bonds is 6. The fourth-order valence-electron chi connectivity index (χ4n) is 1.28. The lowest BCUT2D eigenvalue weighted by Crippen LogP contribution is -2.12. The van der Waals surface area contributed by atoms with E-state index in [9.17, 15) is 4.79 Å². The second-order valence-corrected chi connectivity index (χ2v) is 3.30. The van der Waals surface area contributed by atoms with Crippen molar-refractivity contribution in [2.75, 3.05) is 25.1 Å². The zero-order valence-electron chi connectivity index (χ0n) is 9.49. The second kappa shape index (κ2) is 6.07. The van der Waals surface area contributed by atoms with Crippen LogP contribution in [0.1, 0.15) is 23.0 Å². The van der Waals surface area contributed by atoms with Gasteiger partial charge in [0.05, 0.1) is 12.3 Å². The minimum atomic E-state index is -0.980. The predicted octanol–water partition coefficient (Wildman–Crippen LogP) is 1.54. The van der Waals surface area contributed by atoms with Crippen molar-refractivity contribution in [3.8, 4) is 0 Å². The van der Waals surface area contributed by atoms with Gasteiger partial charge in [0.2, 0.25) is 0 Å². The van der Waals surface area contributed by atoms with Gasteiger partial charge in [-0.1, -0.05) is 0 Å². The van der Waals surface area contributed by atoms with Gasteiger partial charge in [0.15, 0.2) is 0 Å². The molecule has 5 heteroatoms. The van der Waals surface area contributed by atoms with Crippen molar-refractivity contribution in [2.24, 2.45) is 0 Å². The smallest absolute Gasteiger partial charge is 0.339 e. The summed E-state index contributed by atoms with van der Waals surface area (Å²) in [6.45, 7) is 5.52. The zero-order chi connectivity index (χ0) is 12.0. The van der Waals surface area contributed by atoms with Crippen LogP contribution in [0.2, 0.25) is 0 Å². The highest BCUT2D eigenvalue weighted by Gasteiger charge is 2.10. The average Bonchev–Trinajstić information content (AvgIpc) is 2.24. The standard InChI is InChI=1S/C11H16N2O3/c1-3-16-5-4-12-10-6-8(2)13-7-9(10)11(14)15/h6-7H,3-5H2,1-2H3,(H,12,13)(H,14,15). The van der Waals surface area contributed by atoms with E-state index in [0.29, 0.717) is 25.4 Å². The lowest BCUT2D eigenvalue weighted by atomic mass is 10.2. The maximum absolute atomic E-state index is 10.9. The van der Waals surface area contributed by atoms with Gasteiger partial charge in [0, 0.05) is 25.0 Å². The molecule has 0 saturated heterocycles. The average molecular weight is 224 g/mol. The first kappa shape index (κ1) is 12.4. The van der Waals surface area contributed by atoms with Gasteiger partial charge in [0.25, 0.3) is 0 Å². The van der Waals surface area contributed by atoms with Gasteiger partial charge in [-0.2, -0.15) is 0 Å². The van der Waals surface area contributed by atoms with E-state index in [2.05, 4.69) is 10.3 Å². The van der Waals surface area contributed by atoms with Crippen molar-refractivity contribution in [3.63, 3.8) is 0 Å². The number of hydrogen-bond acceptors (Lipinski definition) is 4. The number of carboxylic acids is 1.